The zero-order valence-corrected chi connectivity index (χ0v) is 14.7. The Morgan fingerprint density at radius 2 is 2.32 bits per heavy atom. The minimum absolute atomic E-state index is 0.0404. The molecular formula is C14H23N3O3S2. The first-order chi connectivity index (χ1) is 10.4. The lowest BCUT2D eigenvalue weighted by atomic mass is 10.2. The molecule has 1 aliphatic rings. The molecule has 0 aliphatic carbocycles. The van der Waals surface area contributed by atoms with Gasteiger partial charge in [-0.15, -0.1) is 11.3 Å². The smallest absolute Gasteiger partial charge is 0.234 e. The quantitative estimate of drug-likeness (QED) is 0.778. The molecule has 1 amide bonds. The molecular weight excluding hydrogens is 322 g/mol. The van der Waals surface area contributed by atoms with Crippen molar-refractivity contribution in [1.82, 2.24) is 15.2 Å². The summed E-state index contributed by atoms with van der Waals surface area (Å²) in [5.41, 5.74) is 1.01. The van der Waals surface area contributed by atoms with Gasteiger partial charge in [0.25, 0.3) is 0 Å². The number of sulfone groups is 1. The Balaban J connectivity index is 1.69. The first kappa shape index (κ1) is 17.4. The standard InChI is InChI=1S/C14H23N3O3S2/c1-3-14-16-11(9-21-14)4-6-15-13(18)8-17(2)12-5-7-22(19,20)10-12/h9,12H,3-8,10H2,1-2H3,(H,15,18)/t12-/m0/s1. The van der Waals surface area contributed by atoms with Crippen molar-refractivity contribution in [2.75, 3.05) is 31.6 Å². The van der Waals surface area contributed by atoms with E-state index in [4.69, 9.17) is 0 Å². The minimum Gasteiger partial charge on any atom is -0.355 e. The lowest BCUT2D eigenvalue weighted by Gasteiger charge is -2.22. The van der Waals surface area contributed by atoms with E-state index in [1.165, 1.54) is 0 Å². The first-order valence-corrected chi connectivity index (χ1v) is 10.2. The zero-order chi connectivity index (χ0) is 16.2. The van der Waals surface area contributed by atoms with E-state index >= 15 is 0 Å². The Morgan fingerprint density at radius 1 is 1.55 bits per heavy atom. The third kappa shape index (κ3) is 5.03. The Morgan fingerprint density at radius 3 is 2.91 bits per heavy atom. The van der Waals surface area contributed by atoms with Gasteiger partial charge < -0.3 is 5.32 Å². The summed E-state index contributed by atoms with van der Waals surface area (Å²) in [6.45, 7) is 2.86. The number of nitrogens with zero attached hydrogens (tertiary/aromatic N) is 2. The molecule has 0 saturated carbocycles. The summed E-state index contributed by atoms with van der Waals surface area (Å²) in [6, 6.07) is -0.0404. The number of thiazole rings is 1. The van der Waals surface area contributed by atoms with Gasteiger partial charge >= 0.3 is 0 Å². The summed E-state index contributed by atoms with van der Waals surface area (Å²) >= 11 is 1.65. The largest absolute Gasteiger partial charge is 0.355 e. The molecule has 0 unspecified atom stereocenters. The van der Waals surface area contributed by atoms with Crippen LogP contribution in [-0.4, -0.2) is 61.9 Å². The SMILES string of the molecule is CCc1nc(CCNC(=O)CN(C)[C@H]2CCS(=O)(=O)C2)cs1. The van der Waals surface area contributed by atoms with E-state index in [-0.39, 0.29) is 30.0 Å². The monoisotopic (exact) mass is 345 g/mol. The molecule has 1 saturated heterocycles. The highest BCUT2D eigenvalue weighted by Gasteiger charge is 2.31. The van der Waals surface area contributed by atoms with Crippen molar-refractivity contribution in [3.05, 3.63) is 16.1 Å². The zero-order valence-electron chi connectivity index (χ0n) is 13.0. The molecule has 2 rings (SSSR count). The van der Waals surface area contributed by atoms with Crippen LogP contribution in [0.3, 0.4) is 0 Å². The summed E-state index contributed by atoms with van der Waals surface area (Å²) < 4.78 is 22.9. The molecule has 0 radical (unpaired) electrons. The van der Waals surface area contributed by atoms with Crippen LogP contribution in [0.15, 0.2) is 5.38 Å². The van der Waals surface area contributed by atoms with Gasteiger partial charge in [0.2, 0.25) is 5.91 Å². The second kappa shape index (κ2) is 7.52. The maximum absolute atomic E-state index is 11.9. The molecule has 1 aromatic rings. The molecule has 124 valence electrons. The summed E-state index contributed by atoms with van der Waals surface area (Å²) in [6.07, 6.45) is 2.28. The second-order valence-corrected chi connectivity index (χ2v) is 8.83. The van der Waals surface area contributed by atoms with E-state index in [0.29, 0.717) is 13.0 Å². The molecule has 1 N–H and O–H groups in total. The van der Waals surface area contributed by atoms with E-state index in [2.05, 4.69) is 17.2 Å². The van der Waals surface area contributed by atoms with Gasteiger partial charge in [-0.1, -0.05) is 6.92 Å². The molecule has 1 atom stereocenters. The molecule has 0 bridgehead atoms. The molecule has 1 aromatic heterocycles. The average Bonchev–Trinajstić information content (AvgIpc) is 3.05. The van der Waals surface area contributed by atoms with E-state index in [9.17, 15) is 13.2 Å². The van der Waals surface area contributed by atoms with Crippen LogP contribution in [0.1, 0.15) is 24.0 Å². The van der Waals surface area contributed by atoms with Crippen LogP contribution < -0.4 is 5.32 Å². The number of nitrogens with one attached hydrogen (secondary N) is 1. The van der Waals surface area contributed by atoms with E-state index < -0.39 is 9.84 Å². The van der Waals surface area contributed by atoms with Crippen molar-refractivity contribution < 1.29 is 13.2 Å². The van der Waals surface area contributed by atoms with Gasteiger partial charge in [-0.05, 0) is 19.9 Å². The first-order valence-electron chi connectivity index (χ1n) is 7.50. The van der Waals surface area contributed by atoms with Crippen LogP contribution in [0.25, 0.3) is 0 Å². The summed E-state index contributed by atoms with van der Waals surface area (Å²) in [4.78, 5) is 18.2. The molecule has 22 heavy (non-hydrogen) atoms. The number of aryl methyl sites for hydroxylation is 1. The topological polar surface area (TPSA) is 79.4 Å². The molecule has 8 heteroatoms. The van der Waals surface area contributed by atoms with E-state index in [0.717, 1.165) is 23.5 Å². The maximum atomic E-state index is 11.9. The Kier molecular flexibility index (Phi) is 5.94. The lowest BCUT2D eigenvalue weighted by molar-refractivity contribution is -0.122. The van der Waals surface area contributed by atoms with Crippen molar-refractivity contribution in [3.63, 3.8) is 0 Å². The second-order valence-electron chi connectivity index (χ2n) is 5.66. The number of hydrogen-bond acceptors (Lipinski definition) is 6. The Labute approximate surface area is 135 Å². The molecule has 2 heterocycles. The van der Waals surface area contributed by atoms with Gasteiger partial charge in [0.05, 0.1) is 28.8 Å². The highest BCUT2D eigenvalue weighted by atomic mass is 32.2. The number of aromatic nitrogens is 1. The molecule has 1 fully saturated rings. The number of hydrogen-bond donors (Lipinski definition) is 1. The van der Waals surface area contributed by atoms with Crippen LogP contribution in [0.5, 0.6) is 0 Å². The fraction of sp³-hybridized carbons (Fsp3) is 0.714. The van der Waals surface area contributed by atoms with Crippen molar-refractivity contribution in [1.29, 1.82) is 0 Å². The number of amides is 1. The van der Waals surface area contributed by atoms with Gasteiger partial charge in [0.15, 0.2) is 9.84 Å². The van der Waals surface area contributed by atoms with Gasteiger partial charge in [-0.3, -0.25) is 9.69 Å². The van der Waals surface area contributed by atoms with Gasteiger partial charge in [0, 0.05) is 24.4 Å². The number of carbonyl (C=O) groups is 1. The summed E-state index contributed by atoms with van der Waals surface area (Å²) in [5.74, 6) is 0.320. The van der Waals surface area contributed by atoms with Crippen molar-refractivity contribution >= 4 is 27.1 Å². The minimum atomic E-state index is -2.91. The molecule has 0 spiro atoms. The molecule has 6 nitrogen and oxygen atoms in total. The Hall–Kier alpha value is -0.990. The van der Waals surface area contributed by atoms with Crippen molar-refractivity contribution in [3.8, 4) is 0 Å². The summed E-state index contributed by atoms with van der Waals surface area (Å²) in [5, 5.41) is 6.01. The van der Waals surface area contributed by atoms with Crippen LogP contribution in [-0.2, 0) is 27.5 Å². The van der Waals surface area contributed by atoms with Crippen LogP contribution in [0.2, 0.25) is 0 Å². The number of rotatable bonds is 7. The van der Waals surface area contributed by atoms with Gasteiger partial charge in [-0.25, -0.2) is 13.4 Å². The van der Waals surface area contributed by atoms with Crippen molar-refractivity contribution in [2.24, 2.45) is 0 Å². The number of likely N-dealkylation sites (N-methyl/N-ethyl adjacent to an activating group) is 1. The summed E-state index contributed by atoms with van der Waals surface area (Å²) in [7, 11) is -1.11. The lowest BCUT2D eigenvalue weighted by Crippen LogP contribution is -2.41. The maximum Gasteiger partial charge on any atom is 0.234 e. The van der Waals surface area contributed by atoms with E-state index in [1.807, 2.05) is 10.3 Å². The number of carbonyl (C=O) groups excluding carboxylic acids is 1. The molecule has 0 aromatic carbocycles. The average molecular weight is 345 g/mol. The third-order valence-electron chi connectivity index (χ3n) is 3.83. The Bertz CT molecular complexity index is 613. The van der Waals surface area contributed by atoms with Crippen LogP contribution in [0.4, 0.5) is 0 Å². The predicted octanol–water partition coefficient (Wildman–Crippen LogP) is 0.483. The van der Waals surface area contributed by atoms with Crippen LogP contribution >= 0.6 is 11.3 Å². The van der Waals surface area contributed by atoms with Crippen molar-refractivity contribution in [2.45, 2.75) is 32.2 Å². The van der Waals surface area contributed by atoms with Gasteiger partial charge in [-0.2, -0.15) is 0 Å². The predicted molar refractivity (Wildman–Crippen MR) is 87.9 cm³/mol. The third-order valence-corrected chi connectivity index (χ3v) is 6.62. The highest BCUT2D eigenvalue weighted by Crippen LogP contribution is 2.16. The van der Waals surface area contributed by atoms with E-state index in [1.54, 1.807) is 18.4 Å². The van der Waals surface area contributed by atoms with Crippen LogP contribution in [0, 0.1) is 0 Å². The normalized spacial score (nSPS) is 20.4. The van der Waals surface area contributed by atoms with Gasteiger partial charge in [0.1, 0.15) is 0 Å². The fourth-order valence-corrected chi connectivity index (χ4v) is 5.08. The highest BCUT2D eigenvalue weighted by molar-refractivity contribution is 7.91. The fourth-order valence-electron chi connectivity index (χ4n) is 2.49. The molecule has 1 aliphatic heterocycles.